The molecular formula is C22H28N2O3. The van der Waals surface area contributed by atoms with Crippen LogP contribution >= 0.6 is 0 Å². The summed E-state index contributed by atoms with van der Waals surface area (Å²) in [7, 11) is 0. The largest absolute Gasteiger partial charge is 0.491 e. The fraction of sp³-hybridized carbons (Fsp3) is 0.364. The lowest BCUT2D eigenvalue weighted by atomic mass is 10.1. The molecule has 5 nitrogen and oxygen atoms in total. The van der Waals surface area contributed by atoms with Crippen molar-refractivity contribution in [2.45, 2.75) is 46.6 Å². The highest BCUT2D eigenvalue weighted by Gasteiger charge is 2.14. The van der Waals surface area contributed by atoms with E-state index in [4.69, 9.17) is 4.74 Å². The Morgan fingerprint density at radius 2 is 1.74 bits per heavy atom. The number of hydrogen-bond acceptors (Lipinski definition) is 3. The Balaban J connectivity index is 1.99. The highest BCUT2D eigenvalue weighted by Crippen LogP contribution is 2.21. The van der Waals surface area contributed by atoms with Gasteiger partial charge in [-0.1, -0.05) is 25.1 Å². The van der Waals surface area contributed by atoms with Gasteiger partial charge in [-0.2, -0.15) is 0 Å². The molecule has 0 heterocycles. The molecular weight excluding hydrogens is 340 g/mol. The molecule has 0 aliphatic heterocycles. The first-order chi connectivity index (χ1) is 12.9. The molecule has 0 aliphatic carbocycles. The number of anilines is 2. The number of carbonyl (C=O) groups excluding carboxylic acids is 2. The predicted molar refractivity (Wildman–Crippen MR) is 109 cm³/mol. The van der Waals surface area contributed by atoms with Crippen LogP contribution in [0.3, 0.4) is 0 Å². The summed E-state index contributed by atoms with van der Waals surface area (Å²) in [5.74, 6) is 0.544. The first-order valence-corrected chi connectivity index (χ1v) is 9.33. The Labute approximate surface area is 161 Å². The molecule has 5 heteroatoms. The van der Waals surface area contributed by atoms with Gasteiger partial charge >= 0.3 is 0 Å². The topological polar surface area (TPSA) is 58.6 Å². The number of ether oxygens (including phenoxy) is 1. The molecule has 0 saturated heterocycles. The SMILES string of the molecule is CCc1ccccc1NC(=O)CCN(C(C)=O)c1ccc(OC(C)C)cc1. The minimum atomic E-state index is -0.109. The first kappa shape index (κ1) is 20.5. The molecule has 2 rings (SSSR count). The van der Waals surface area contributed by atoms with Gasteiger partial charge in [-0.3, -0.25) is 9.59 Å². The summed E-state index contributed by atoms with van der Waals surface area (Å²) in [6.07, 6.45) is 1.16. The summed E-state index contributed by atoms with van der Waals surface area (Å²) in [4.78, 5) is 26.0. The number of hydrogen-bond donors (Lipinski definition) is 1. The van der Waals surface area contributed by atoms with E-state index in [1.807, 2.05) is 62.4 Å². The third-order valence-corrected chi connectivity index (χ3v) is 4.14. The van der Waals surface area contributed by atoms with Crippen molar-refractivity contribution in [3.05, 3.63) is 54.1 Å². The normalized spacial score (nSPS) is 10.6. The van der Waals surface area contributed by atoms with Crippen LogP contribution in [0, 0.1) is 0 Å². The number of rotatable bonds is 8. The van der Waals surface area contributed by atoms with Crippen molar-refractivity contribution in [2.24, 2.45) is 0 Å². The van der Waals surface area contributed by atoms with E-state index in [0.717, 1.165) is 29.1 Å². The summed E-state index contributed by atoms with van der Waals surface area (Å²) in [6, 6.07) is 15.1. The fourth-order valence-electron chi connectivity index (χ4n) is 2.82. The third kappa shape index (κ3) is 6.13. The van der Waals surface area contributed by atoms with Gasteiger partial charge in [0.05, 0.1) is 6.10 Å². The number of aryl methyl sites for hydroxylation is 1. The molecule has 0 fully saturated rings. The number of benzene rings is 2. The van der Waals surface area contributed by atoms with Gasteiger partial charge in [0.1, 0.15) is 5.75 Å². The zero-order valence-corrected chi connectivity index (χ0v) is 16.5. The minimum absolute atomic E-state index is 0.0921. The Morgan fingerprint density at radius 3 is 2.33 bits per heavy atom. The molecule has 0 unspecified atom stereocenters. The van der Waals surface area contributed by atoms with Gasteiger partial charge in [0, 0.05) is 31.3 Å². The van der Waals surface area contributed by atoms with Crippen molar-refractivity contribution in [1.29, 1.82) is 0 Å². The lowest BCUT2D eigenvalue weighted by Crippen LogP contribution is -2.32. The van der Waals surface area contributed by atoms with E-state index >= 15 is 0 Å². The molecule has 2 aromatic carbocycles. The number of nitrogens with one attached hydrogen (secondary N) is 1. The van der Waals surface area contributed by atoms with Crippen LogP contribution in [-0.2, 0) is 16.0 Å². The number of amides is 2. The summed E-state index contributed by atoms with van der Waals surface area (Å²) in [5.41, 5.74) is 2.67. The van der Waals surface area contributed by atoms with E-state index < -0.39 is 0 Å². The molecule has 0 bridgehead atoms. The Hall–Kier alpha value is -2.82. The van der Waals surface area contributed by atoms with Crippen molar-refractivity contribution in [3.8, 4) is 5.75 Å². The van der Waals surface area contributed by atoms with Crippen molar-refractivity contribution in [3.63, 3.8) is 0 Å². The second-order valence-electron chi connectivity index (χ2n) is 6.64. The molecule has 0 saturated carbocycles. The van der Waals surface area contributed by atoms with Gasteiger partial charge in [0.25, 0.3) is 0 Å². The number of nitrogens with zero attached hydrogens (tertiary/aromatic N) is 1. The average molecular weight is 368 g/mol. The maximum atomic E-state index is 12.3. The average Bonchev–Trinajstić information content (AvgIpc) is 2.63. The molecule has 0 radical (unpaired) electrons. The summed E-state index contributed by atoms with van der Waals surface area (Å²) < 4.78 is 5.63. The first-order valence-electron chi connectivity index (χ1n) is 9.33. The van der Waals surface area contributed by atoms with Gasteiger partial charge < -0.3 is 15.0 Å². The van der Waals surface area contributed by atoms with E-state index in [1.165, 1.54) is 6.92 Å². The van der Waals surface area contributed by atoms with E-state index in [9.17, 15) is 9.59 Å². The molecule has 0 spiro atoms. The minimum Gasteiger partial charge on any atom is -0.491 e. The van der Waals surface area contributed by atoms with Gasteiger partial charge in [-0.25, -0.2) is 0 Å². The molecule has 0 aromatic heterocycles. The molecule has 144 valence electrons. The van der Waals surface area contributed by atoms with Crippen LogP contribution in [-0.4, -0.2) is 24.5 Å². The van der Waals surface area contributed by atoms with Gasteiger partial charge in [0.2, 0.25) is 11.8 Å². The molecule has 27 heavy (non-hydrogen) atoms. The lowest BCUT2D eigenvalue weighted by molar-refractivity contribution is -0.117. The summed E-state index contributed by atoms with van der Waals surface area (Å²) >= 11 is 0. The molecule has 0 aliphatic rings. The van der Waals surface area contributed by atoms with Gasteiger partial charge in [-0.05, 0) is 56.2 Å². The van der Waals surface area contributed by atoms with E-state index in [-0.39, 0.29) is 24.3 Å². The zero-order valence-electron chi connectivity index (χ0n) is 16.5. The maximum Gasteiger partial charge on any atom is 0.226 e. The molecule has 2 amide bonds. The van der Waals surface area contributed by atoms with Crippen molar-refractivity contribution < 1.29 is 14.3 Å². The van der Waals surface area contributed by atoms with Gasteiger partial charge in [0.15, 0.2) is 0 Å². The predicted octanol–water partition coefficient (Wildman–Crippen LogP) is 4.42. The number of carbonyl (C=O) groups is 2. The Kier molecular flexibility index (Phi) is 7.41. The van der Waals surface area contributed by atoms with Crippen LogP contribution in [0.1, 0.15) is 39.7 Å². The van der Waals surface area contributed by atoms with Crippen molar-refractivity contribution in [2.75, 3.05) is 16.8 Å². The number of para-hydroxylation sites is 1. The van der Waals surface area contributed by atoms with Crippen LogP contribution in [0.2, 0.25) is 0 Å². The monoisotopic (exact) mass is 368 g/mol. The Morgan fingerprint density at radius 1 is 1.07 bits per heavy atom. The van der Waals surface area contributed by atoms with Crippen LogP contribution in [0.15, 0.2) is 48.5 Å². The highest BCUT2D eigenvalue weighted by molar-refractivity contribution is 5.95. The van der Waals surface area contributed by atoms with Gasteiger partial charge in [-0.15, -0.1) is 0 Å². The van der Waals surface area contributed by atoms with Crippen LogP contribution in [0.4, 0.5) is 11.4 Å². The molecule has 0 atom stereocenters. The highest BCUT2D eigenvalue weighted by atomic mass is 16.5. The standard InChI is InChI=1S/C22H28N2O3/c1-5-18-8-6-7-9-21(18)23-22(26)14-15-24(17(4)25)19-10-12-20(13-11-19)27-16(2)3/h6-13,16H,5,14-15H2,1-4H3,(H,23,26). The maximum absolute atomic E-state index is 12.3. The zero-order chi connectivity index (χ0) is 19.8. The molecule has 2 aromatic rings. The quantitative estimate of drug-likeness (QED) is 0.750. The van der Waals surface area contributed by atoms with Crippen LogP contribution in [0.25, 0.3) is 0 Å². The second kappa shape index (κ2) is 9.76. The van der Waals surface area contributed by atoms with E-state index in [1.54, 1.807) is 4.90 Å². The van der Waals surface area contributed by atoms with Crippen molar-refractivity contribution in [1.82, 2.24) is 0 Å². The van der Waals surface area contributed by atoms with E-state index in [2.05, 4.69) is 12.2 Å². The second-order valence-corrected chi connectivity index (χ2v) is 6.64. The molecule has 1 N–H and O–H groups in total. The van der Waals surface area contributed by atoms with E-state index in [0.29, 0.717) is 6.54 Å². The lowest BCUT2D eigenvalue weighted by Gasteiger charge is -2.21. The third-order valence-electron chi connectivity index (χ3n) is 4.14. The smallest absolute Gasteiger partial charge is 0.226 e. The van der Waals surface area contributed by atoms with Crippen molar-refractivity contribution >= 4 is 23.2 Å². The fourth-order valence-corrected chi connectivity index (χ4v) is 2.82. The van der Waals surface area contributed by atoms with Crippen LogP contribution < -0.4 is 15.0 Å². The Bertz CT molecular complexity index is 769. The van der Waals surface area contributed by atoms with Crippen LogP contribution in [0.5, 0.6) is 5.75 Å². The summed E-state index contributed by atoms with van der Waals surface area (Å²) in [6.45, 7) is 7.80. The summed E-state index contributed by atoms with van der Waals surface area (Å²) in [5, 5.41) is 2.94.